The molecule has 6 heteroatoms. The van der Waals surface area contributed by atoms with Gasteiger partial charge in [-0.05, 0) is 12.1 Å². The van der Waals surface area contributed by atoms with E-state index in [0.29, 0.717) is 6.54 Å². The predicted octanol–water partition coefficient (Wildman–Crippen LogP) is 1.77. The van der Waals surface area contributed by atoms with Gasteiger partial charge < -0.3 is 14.8 Å². The molecule has 0 bridgehead atoms. The van der Waals surface area contributed by atoms with E-state index >= 15 is 0 Å². The highest BCUT2D eigenvalue weighted by atomic mass is 32.1. The number of carbonyl (C=O) groups is 1. The largest absolute Gasteiger partial charge is 0.476 e. The van der Waals surface area contributed by atoms with Crippen LogP contribution in [0, 0.1) is 0 Å². The van der Waals surface area contributed by atoms with Gasteiger partial charge in [0.15, 0.2) is 5.69 Å². The zero-order valence-electron chi connectivity index (χ0n) is 9.05. The first-order valence-electron chi connectivity index (χ1n) is 5.16. The Labute approximate surface area is 102 Å². The van der Waals surface area contributed by atoms with Crippen LogP contribution < -0.4 is 5.32 Å². The van der Waals surface area contributed by atoms with Crippen LogP contribution in [0.5, 0.6) is 0 Å². The molecule has 2 rings (SSSR count). The lowest BCUT2D eigenvalue weighted by Gasteiger charge is -1.99. The fraction of sp³-hybridized carbons (Fsp3) is 0.273. The summed E-state index contributed by atoms with van der Waals surface area (Å²) < 4.78 is 5.17. The van der Waals surface area contributed by atoms with E-state index in [0.717, 1.165) is 23.7 Å². The number of nitrogens with one attached hydrogen (secondary N) is 1. The minimum Gasteiger partial charge on any atom is -0.476 e. The Morgan fingerprint density at radius 2 is 2.47 bits per heavy atom. The molecular formula is C11H12N2O3S. The monoisotopic (exact) mass is 252 g/mol. The van der Waals surface area contributed by atoms with Crippen LogP contribution in [0.3, 0.4) is 0 Å². The summed E-state index contributed by atoms with van der Waals surface area (Å²) >= 11 is 1.37. The van der Waals surface area contributed by atoms with Crippen molar-refractivity contribution in [3.8, 4) is 0 Å². The number of hydrogen-bond acceptors (Lipinski definition) is 5. The summed E-state index contributed by atoms with van der Waals surface area (Å²) in [6, 6.07) is 3.75. The first kappa shape index (κ1) is 11.8. The molecule has 2 aromatic rings. The fourth-order valence-electron chi connectivity index (χ4n) is 1.34. The average Bonchev–Trinajstić information content (AvgIpc) is 2.96. The summed E-state index contributed by atoms with van der Waals surface area (Å²) in [5.74, 6) is -0.0913. The van der Waals surface area contributed by atoms with Gasteiger partial charge >= 0.3 is 5.97 Å². The highest BCUT2D eigenvalue weighted by molar-refractivity contribution is 7.09. The number of carboxylic acids is 1. The maximum atomic E-state index is 10.6. The summed E-state index contributed by atoms with van der Waals surface area (Å²) in [6.07, 6.45) is 2.36. The molecule has 0 fully saturated rings. The normalized spacial score (nSPS) is 10.6. The Balaban J connectivity index is 1.72. The van der Waals surface area contributed by atoms with Crippen LogP contribution in [0.4, 0.5) is 0 Å². The molecule has 2 heterocycles. The molecule has 0 unspecified atom stereocenters. The Hall–Kier alpha value is -1.66. The molecule has 2 N–H and O–H groups in total. The lowest BCUT2D eigenvalue weighted by atomic mass is 10.4. The van der Waals surface area contributed by atoms with Crippen molar-refractivity contribution >= 4 is 17.3 Å². The molecule has 90 valence electrons. The molecule has 0 spiro atoms. The maximum absolute atomic E-state index is 10.6. The topological polar surface area (TPSA) is 75.4 Å². The Morgan fingerprint density at radius 1 is 1.59 bits per heavy atom. The molecule has 0 aliphatic rings. The Kier molecular flexibility index (Phi) is 3.89. The highest BCUT2D eigenvalue weighted by Gasteiger charge is 2.07. The van der Waals surface area contributed by atoms with Gasteiger partial charge in [-0.1, -0.05) is 0 Å². The van der Waals surface area contributed by atoms with Crippen LogP contribution in [-0.4, -0.2) is 22.6 Å². The maximum Gasteiger partial charge on any atom is 0.355 e. The average molecular weight is 252 g/mol. The van der Waals surface area contributed by atoms with E-state index in [4.69, 9.17) is 9.52 Å². The van der Waals surface area contributed by atoms with Gasteiger partial charge in [0.1, 0.15) is 5.76 Å². The number of thiazole rings is 1. The molecule has 0 saturated carbocycles. The van der Waals surface area contributed by atoms with E-state index < -0.39 is 5.97 Å². The van der Waals surface area contributed by atoms with Crippen molar-refractivity contribution in [2.24, 2.45) is 0 Å². The zero-order valence-corrected chi connectivity index (χ0v) is 9.87. The Bertz CT molecular complexity index is 479. The second kappa shape index (κ2) is 5.60. The molecule has 0 radical (unpaired) electrons. The van der Waals surface area contributed by atoms with E-state index in [9.17, 15) is 4.79 Å². The van der Waals surface area contributed by atoms with Crippen LogP contribution in [0.1, 0.15) is 21.3 Å². The van der Waals surface area contributed by atoms with Crippen molar-refractivity contribution < 1.29 is 14.3 Å². The van der Waals surface area contributed by atoms with Gasteiger partial charge in [-0.3, -0.25) is 0 Å². The summed E-state index contributed by atoms with van der Waals surface area (Å²) in [7, 11) is 0. The van der Waals surface area contributed by atoms with Crippen molar-refractivity contribution in [3.63, 3.8) is 0 Å². The number of aromatic carboxylic acids is 1. The van der Waals surface area contributed by atoms with Crippen molar-refractivity contribution in [1.82, 2.24) is 10.3 Å². The third-order valence-electron chi connectivity index (χ3n) is 2.17. The molecule has 17 heavy (non-hydrogen) atoms. The van der Waals surface area contributed by atoms with Crippen LogP contribution in [0.15, 0.2) is 28.2 Å². The minimum absolute atomic E-state index is 0.121. The number of furan rings is 1. The number of carboxylic acid groups (broad SMARTS) is 1. The van der Waals surface area contributed by atoms with E-state index in [1.807, 2.05) is 12.1 Å². The molecular weight excluding hydrogens is 240 g/mol. The first-order chi connectivity index (χ1) is 8.25. The van der Waals surface area contributed by atoms with Crippen LogP contribution in [-0.2, 0) is 13.0 Å². The lowest BCUT2D eigenvalue weighted by Crippen LogP contribution is -2.16. The summed E-state index contributed by atoms with van der Waals surface area (Å²) in [5, 5.41) is 14.3. The third-order valence-corrected chi connectivity index (χ3v) is 3.07. The van der Waals surface area contributed by atoms with Crippen LogP contribution in [0.25, 0.3) is 0 Å². The van der Waals surface area contributed by atoms with E-state index in [1.54, 1.807) is 11.6 Å². The lowest BCUT2D eigenvalue weighted by molar-refractivity contribution is 0.0691. The second-order valence-corrected chi connectivity index (χ2v) is 4.38. The molecule has 0 aromatic carbocycles. The molecule has 0 aliphatic carbocycles. The quantitative estimate of drug-likeness (QED) is 0.766. The van der Waals surface area contributed by atoms with E-state index in [1.165, 1.54) is 11.3 Å². The standard InChI is InChI=1S/C11H12N2O3S/c14-11(15)9-7-17-10(13-9)3-4-12-6-8-2-1-5-16-8/h1-2,5,7,12H,3-4,6H2,(H,14,15). The van der Waals surface area contributed by atoms with Crippen molar-refractivity contribution in [2.45, 2.75) is 13.0 Å². The number of aromatic nitrogens is 1. The molecule has 2 aromatic heterocycles. The first-order valence-corrected chi connectivity index (χ1v) is 6.04. The van der Waals surface area contributed by atoms with Crippen LogP contribution in [0.2, 0.25) is 0 Å². The van der Waals surface area contributed by atoms with Gasteiger partial charge in [-0.15, -0.1) is 11.3 Å². The van der Waals surface area contributed by atoms with Gasteiger partial charge in [0.2, 0.25) is 0 Å². The SMILES string of the molecule is O=C(O)c1csc(CCNCc2ccco2)n1. The van der Waals surface area contributed by atoms with Gasteiger partial charge in [-0.2, -0.15) is 0 Å². The van der Waals surface area contributed by atoms with Gasteiger partial charge in [0.05, 0.1) is 17.8 Å². The molecule has 0 aliphatic heterocycles. The van der Waals surface area contributed by atoms with E-state index in [-0.39, 0.29) is 5.69 Å². The highest BCUT2D eigenvalue weighted by Crippen LogP contribution is 2.10. The smallest absolute Gasteiger partial charge is 0.355 e. The van der Waals surface area contributed by atoms with Gasteiger partial charge in [0.25, 0.3) is 0 Å². The summed E-state index contributed by atoms with van der Waals surface area (Å²) in [5.41, 5.74) is 0.121. The zero-order chi connectivity index (χ0) is 12.1. The summed E-state index contributed by atoms with van der Waals surface area (Å²) in [4.78, 5) is 14.6. The number of rotatable bonds is 6. The van der Waals surface area contributed by atoms with Gasteiger partial charge in [-0.25, -0.2) is 9.78 Å². The van der Waals surface area contributed by atoms with Crippen molar-refractivity contribution in [3.05, 3.63) is 40.2 Å². The van der Waals surface area contributed by atoms with Crippen molar-refractivity contribution in [2.75, 3.05) is 6.54 Å². The fourth-order valence-corrected chi connectivity index (χ4v) is 2.12. The minimum atomic E-state index is -0.976. The van der Waals surface area contributed by atoms with Gasteiger partial charge in [0, 0.05) is 18.3 Å². The number of nitrogens with zero attached hydrogens (tertiary/aromatic N) is 1. The molecule has 5 nitrogen and oxygen atoms in total. The summed E-state index contributed by atoms with van der Waals surface area (Å²) in [6.45, 7) is 1.41. The predicted molar refractivity (Wildman–Crippen MR) is 63.2 cm³/mol. The molecule has 0 saturated heterocycles. The van der Waals surface area contributed by atoms with Crippen molar-refractivity contribution in [1.29, 1.82) is 0 Å². The van der Waals surface area contributed by atoms with Crippen LogP contribution >= 0.6 is 11.3 Å². The molecule has 0 atom stereocenters. The molecule has 0 amide bonds. The third kappa shape index (κ3) is 3.40. The Morgan fingerprint density at radius 3 is 3.12 bits per heavy atom. The second-order valence-electron chi connectivity index (χ2n) is 3.44. The number of hydrogen-bond donors (Lipinski definition) is 2. The van der Waals surface area contributed by atoms with E-state index in [2.05, 4.69) is 10.3 Å².